The first-order chi connectivity index (χ1) is 9.45. The maximum Gasteiger partial charge on any atom is 0.349 e. The Morgan fingerprint density at radius 1 is 1.30 bits per heavy atom. The van der Waals surface area contributed by atoms with Crippen LogP contribution in [0.5, 0.6) is 0 Å². The molecule has 0 bridgehead atoms. The molecule has 0 saturated carbocycles. The van der Waals surface area contributed by atoms with Crippen molar-refractivity contribution in [3.63, 3.8) is 0 Å². The van der Waals surface area contributed by atoms with E-state index in [1.54, 1.807) is 12.3 Å². The number of rotatable bonds is 5. The second-order valence-electron chi connectivity index (χ2n) is 3.96. The molecule has 0 fully saturated rings. The molecule has 0 spiro atoms. The largest absolute Gasteiger partial charge is 0.465 e. The maximum atomic E-state index is 12.3. The topological polar surface area (TPSA) is 72.5 Å². The number of sulfonamides is 1. The standard InChI is InChI=1S/C12H13NO4S3/c1-8(9-4-3-6-18-9)13-20(15,16)10-5-7-19-11(10)12(14)17-2/h3-8,13H,1-2H3. The first-order valence-corrected chi connectivity index (χ1v) is 8.91. The highest BCUT2D eigenvalue weighted by Crippen LogP contribution is 2.26. The van der Waals surface area contributed by atoms with Gasteiger partial charge in [0.25, 0.3) is 0 Å². The molecule has 2 rings (SSSR count). The molecule has 0 aliphatic rings. The normalized spacial score (nSPS) is 13.1. The van der Waals surface area contributed by atoms with Crippen molar-refractivity contribution in [3.8, 4) is 0 Å². The fourth-order valence-electron chi connectivity index (χ4n) is 1.64. The second-order valence-corrected chi connectivity index (χ2v) is 7.54. The summed E-state index contributed by atoms with van der Waals surface area (Å²) >= 11 is 2.51. The summed E-state index contributed by atoms with van der Waals surface area (Å²) in [7, 11) is -2.54. The average molecular weight is 331 g/mol. The third-order valence-electron chi connectivity index (χ3n) is 2.59. The van der Waals surface area contributed by atoms with E-state index < -0.39 is 16.0 Å². The molecule has 2 aromatic heterocycles. The molecule has 0 aliphatic heterocycles. The summed E-state index contributed by atoms with van der Waals surface area (Å²) in [6.07, 6.45) is 0. The predicted molar refractivity (Wildman–Crippen MR) is 78.7 cm³/mol. The number of carbonyl (C=O) groups excluding carboxylic acids is 1. The molecule has 0 saturated heterocycles. The molecule has 1 atom stereocenters. The predicted octanol–water partition coefficient (Wildman–Crippen LogP) is 2.64. The van der Waals surface area contributed by atoms with Crippen LogP contribution >= 0.6 is 22.7 Å². The van der Waals surface area contributed by atoms with Crippen LogP contribution in [0.4, 0.5) is 0 Å². The van der Waals surface area contributed by atoms with Crippen molar-refractivity contribution >= 4 is 38.7 Å². The van der Waals surface area contributed by atoms with Gasteiger partial charge < -0.3 is 4.74 Å². The lowest BCUT2D eigenvalue weighted by Gasteiger charge is -2.12. The molecular formula is C12H13NO4S3. The quantitative estimate of drug-likeness (QED) is 0.855. The highest BCUT2D eigenvalue weighted by Gasteiger charge is 2.26. The molecule has 8 heteroatoms. The highest BCUT2D eigenvalue weighted by atomic mass is 32.2. The van der Waals surface area contributed by atoms with Gasteiger partial charge in [-0.05, 0) is 29.8 Å². The van der Waals surface area contributed by atoms with Crippen LogP contribution in [-0.4, -0.2) is 21.5 Å². The fraction of sp³-hybridized carbons (Fsp3) is 0.250. The minimum Gasteiger partial charge on any atom is -0.465 e. The number of thiophene rings is 2. The molecular weight excluding hydrogens is 318 g/mol. The van der Waals surface area contributed by atoms with Crippen LogP contribution in [0, 0.1) is 0 Å². The summed E-state index contributed by atoms with van der Waals surface area (Å²) in [5.74, 6) is -0.649. The molecule has 2 heterocycles. The maximum absolute atomic E-state index is 12.3. The Labute approximate surface area is 125 Å². The molecule has 5 nitrogen and oxygen atoms in total. The van der Waals surface area contributed by atoms with Gasteiger partial charge in [0.2, 0.25) is 10.0 Å². The van der Waals surface area contributed by atoms with E-state index in [2.05, 4.69) is 9.46 Å². The third kappa shape index (κ3) is 3.09. The molecule has 0 aliphatic carbocycles. The van der Waals surface area contributed by atoms with Crippen molar-refractivity contribution in [2.24, 2.45) is 0 Å². The van der Waals surface area contributed by atoms with E-state index in [1.807, 2.05) is 17.5 Å². The van der Waals surface area contributed by atoms with Crippen LogP contribution in [0.25, 0.3) is 0 Å². The Balaban J connectivity index is 2.27. The minimum atomic E-state index is -3.76. The Morgan fingerprint density at radius 3 is 2.65 bits per heavy atom. The summed E-state index contributed by atoms with van der Waals surface area (Å²) in [4.78, 5) is 12.5. The summed E-state index contributed by atoms with van der Waals surface area (Å²) < 4.78 is 31.8. The van der Waals surface area contributed by atoms with E-state index in [0.717, 1.165) is 16.2 Å². The Hall–Kier alpha value is -1.22. The molecule has 0 radical (unpaired) electrons. The van der Waals surface area contributed by atoms with Gasteiger partial charge in [-0.2, -0.15) is 0 Å². The van der Waals surface area contributed by atoms with Crippen LogP contribution in [-0.2, 0) is 14.8 Å². The number of esters is 1. The van der Waals surface area contributed by atoms with E-state index in [4.69, 9.17) is 0 Å². The van der Waals surface area contributed by atoms with Crippen molar-refractivity contribution in [2.75, 3.05) is 7.11 Å². The summed E-state index contributed by atoms with van der Waals surface area (Å²) in [5, 5.41) is 3.43. The zero-order chi connectivity index (χ0) is 14.8. The van der Waals surface area contributed by atoms with Gasteiger partial charge in [-0.25, -0.2) is 17.9 Å². The van der Waals surface area contributed by atoms with Gasteiger partial charge in [0.15, 0.2) is 0 Å². The second kappa shape index (κ2) is 6.04. The van der Waals surface area contributed by atoms with Crippen LogP contribution in [0.3, 0.4) is 0 Å². The van der Waals surface area contributed by atoms with Crippen LogP contribution < -0.4 is 4.72 Å². The van der Waals surface area contributed by atoms with Gasteiger partial charge in [0.05, 0.1) is 13.2 Å². The number of nitrogens with one attached hydrogen (secondary N) is 1. The average Bonchev–Trinajstić information content (AvgIpc) is 3.08. The van der Waals surface area contributed by atoms with E-state index in [-0.39, 0.29) is 15.8 Å². The molecule has 2 aromatic rings. The molecule has 1 N–H and O–H groups in total. The van der Waals surface area contributed by atoms with Crippen LogP contribution in [0.1, 0.15) is 27.5 Å². The monoisotopic (exact) mass is 331 g/mol. The van der Waals surface area contributed by atoms with Gasteiger partial charge in [0.1, 0.15) is 9.77 Å². The van der Waals surface area contributed by atoms with Crippen molar-refractivity contribution < 1.29 is 17.9 Å². The van der Waals surface area contributed by atoms with Gasteiger partial charge in [-0.1, -0.05) is 6.07 Å². The zero-order valence-corrected chi connectivity index (χ0v) is 13.3. The number of hydrogen-bond donors (Lipinski definition) is 1. The summed E-state index contributed by atoms with van der Waals surface area (Å²) in [5.41, 5.74) is 0. The van der Waals surface area contributed by atoms with E-state index in [1.165, 1.54) is 24.5 Å². The van der Waals surface area contributed by atoms with Gasteiger partial charge >= 0.3 is 5.97 Å². The van der Waals surface area contributed by atoms with Gasteiger partial charge in [0, 0.05) is 4.88 Å². The Kier molecular flexibility index (Phi) is 4.59. The van der Waals surface area contributed by atoms with Crippen LogP contribution in [0.2, 0.25) is 0 Å². The van der Waals surface area contributed by atoms with Crippen molar-refractivity contribution in [3.05, 3.63) is 38.7 Å². The molecule has 0 amide bonds. The molecule has 0 aromatic carbocycles. The fourth-order valence-corrected chi connectivity index (χ4v) is 5.01. The van der Waals surface area contributed by atoms with E-state index >= 15 is 0 Å². The smallest absolute Gasteiger partial charge is 0.349 e. The Bertz CT molecular complexity index is 688. The first-order valence-electron chi connectivity index (χ1n) is 5.67. The number of hydrogen-bond acceptors (Lipinski definition) is 6. The third-order valence-corrected chi connectivity index (χ3v) is 6.25. The van der Waals surface area contributed by atoms with Crippen molar-refractivity contribution in [1.82, 2.24) is 4.72 Å². The lowest BCUT2D eigenvalue weighted by molar-refractivity contribution is 0.0602. The Morgan fingerprint density at radius 2 is 2.05 bits per heavy atom. The van der Waals surface area contributed by atoms with E-state index in [9.17, 15) is 13.2 Å². The van der Waals surface area contributed by atoms with Gasteiger partial charge in [-0.15, -0.1) is 22.7 Å². The summed E-state index contributed by atoms with van der Waals surface area (Å²) in [6, 6.07) is 4.76. The van der Waals surface area contributed by atoms with E-state index in [0.29, 0.717) is 0 Å². The molecule has 108 valence electrons. The minimum absolute atomic E-state index is 0.0437. The first kappa shape index (κ1) is 15.2. The highest BCUT2D eigenvalue weighted by molar-refractivity contribution is 7.89. The molecule has 20 heavy (non-hydrogen) atoms. The van der Waals surface area contributed by atoms with Crippen molar-refractivity contribution in [2.45, 2.75) is 17.9 Å². The van der Waals surface area contributed by atoms with Gasteiger partial charge in [-0.3, -0.25) is 0 Å². The zero-order valence-electron chi connectivity index (χ0n) is 10.8. The number of methoxy groups -OCH3 is 1. The van der Waals surface area contributed by atoms with Crippen molar-refractivity contribution in [1.29, 1.82) is 0 Å². The SMILES string of the molecule is COC(=O)c1sccc1S(=O)(=O)NC(C)c1cccs1. The van der Waals surface area contributed by atoms with Crippen LogP contribution in [0.15, 0.2) is 33.9 Å². The number of ether oxygens (including phenoxy) is 1. The lowest BCUT2D eigenvalue weighted by Crippen LogP contribution is -2.27. The lowest BCUT2D eigenvalue weighted by atomic mass is 10.3. The summed E-state index contributed by atoms with van der Waals surface area (Å²) in [6.45, 7) is 1.76. The molecule has 1 unspecified atom stereocenters. The number of carbonyl (C=O) groups is 1.